The highest BCUT2D eigenvalue weighted by Gasteiger charge is 2.54. The molecule has 10 nitrogen and oxygen atoms in total. The molecule has 2 aromatic carbocycles. The Balaban J connectivity index is 1.28. The number of nitrogens with one attached hydrogen (secondary N) is 2. The van der Waals surface area contributed by atoms with Crippen molar-refractivity contribution in [1.29, 1.82) is 0 Å². The van der Waals surface area contributed by atoms with Crippen LogP contribution in [0.2, 0.25) is 0 Å². The van der Waals surface area contributed by atoms with Crippen molar-refractivity contribution >= 4 is 45.5 Å². The molecular formula is C25H20N6O4. The summed E-state index contributed by atoms with van der Waals surface area (Å²) in [7, 11) is 1.65. The van der Waals surface area contributed by atoms with E-state index in [-0.39, 0.29) is 36.6 Å². The number of para-hydroxylation sites is 1. The van der Waals surface area contributed by atoms with Crippen LogP contribution in [0.25, 0.3) is 21.9 Å². The second-order valence-electron chi connectivity index (χ2n) is 9.50. The summed E-state index contributed by atoms with van der Waals surface area (Å²) in [5.41, 5.74) is 4.46. The number of fused-ring (bicyclic) bond motifs is 2. The van der Waals surface area contributed by atoms with E-state index in [1.807, 2.05) is 36.4 Å². The average molecular weight is 468 g/mol. The van der Waals surface area contributed by atoms with E-state index in [2.05, 4.69) is 10.6 Å². The standard InChI is InChI=1S/C25H20N6O4/c1-29-23(34)28-22(33)25(29)9-14-7-13-5-6-16(26-18(13)8-15(14)10-25)11-30-19-4-2-3-17-21(19)31(24(30)35)12-20(32)27-17/h2-8H,9-12H2,1H3,(H,27,32)(H,28,33,34)/t25-/m1/s1. The quantitative estimate of drug-likeness (QED) is 0.431. The molecule has 0 saturated carbocycles. The third-order valence-corrected chi connectivity index (χ3v) is 7.56. The van der Waals surface area contributed by atoms with Gasteiger partial charge in [-0.3, -0.25) is 29.0 Å². The number of hydrogen-bond acceptors (Lipinski definition) is 5. The molecule has 2 N–H and O–H groups in total. The third kappa shape index (κ3) is 2.61. The fourth-order valence-corrected chi connectivity index (χ4v) is 5.73. The van der Waals surface area contributed by atoms with E-state index < -0.39 is 5.54 Å². The number of imide groups is 1. The van der Waals surface area contributed by atoms with E-state index in [4.69, 9.17) is 4.98 Å². The van der Waals surface area contributed by atoms with Crippen LogP contribution in [0.3, 0.4) is 0 Å². The molecule has 10 heteroatoms. The Morgan fingerprint density at radius 3 is 2.57 bits per heavy atom. The SMILES string of the molecule is CN1C(=O)NC(=O)[C@]12Cc1cc3ccc(Cn4c(=O)n5c6c(cccc64)NC(=O)C5)nc3cc1C2. The maximum atomic E-state index is 13.2. The van der Waals surface area contributed by atoms with E-state index in [0.717, 1.165) is 33.1 Å². The lowest BCUT2D eigenvalue weighted by Crippen LogP contribution is -2.48. The van der Waals surface area contributed by atoms with Gasteiger partial charge in [0.05, 0.1) is 34.5 Å². The van der Waals surface area contributed by atoms with Crippen molar-refractivity contribution in [3.8, 4) is 0 Å². The number of likely N-dealkylation sites (N-methyl/N-ethyl adjacent to an activating group) is 1. The molecule has 2 aliphatic heterocycles. The molecule has 0 unspecified atom stereocenters. The highest BCUT2D eigenvalue weighted by molar-refractivity contribution is 6.08. The van der Waals surface area contributed by atoms with Crippen molar-refractivity contribution in [2.45, 2.75) is 31.5 Å². The summed E-state index contributed by atoms with van der Waals surface area (Å²) in [6.07, 6.45) is 0.910. The number of rotatable bonds is 2. The first-order chi connectivity index (χ1) is 16.8. The van der Waals surface area contributed by atoms with Gasteiger partial charge in [0.15, 0.2) is 0 Å². The van der Waals surface area contributed by atoms with Crippen molar-refractivity contribution in [3.05, 3.63) is 69.8 Å². The zero-order valence-electron chi connectivity index (χ0n) is 18.8. The van der Waals surface area contributed by atoms with Gasteiger partial charge < -0.3 is 10.2 Å². The number of carbonyl (C=O) groups is 3. The smallest absolute Gasteiger partial charge is 0.323 e. The summed E-state index contributed by atoms with van der Waals surface area (Å²) in [5, 5.41) is 6.18. The number of anilines is 1. The van der Waals surface area contributed by atoms with Crippen molar-refractivity contribution in [2.24, 2.45) is 0 Å². The van der Waals surface area contributed by atoms with Crippen LogP contribution < -0.4 is 16.3 Å². The monoisotopic (exact) mass is 468 g/mol. The zero-order valence-corrected chi connectivity index (χ0v) is 18.8. The number of amides is 4. The van der Waals surface area contributed by atoms with Crippen LogP contribution in [-0.2, 0) is 35.5 Å². The third-order valence-electron chi connectivity index (χ3n) is 7.56. The Morgan fingerprint density at radius 1 is 1.00 bits per heavy atom. The molecule has 0 bridgehead atoms. The minimum Gasteiger partial charge on any atom is -0.323 e. The topological polar surface area (TPSA) is 118 Å². The van der Waals surface area contributed by atoms with E-state index in [1.165, 1.54) is 9.47 Å². The molecule has 1 spiro atoms. The Bertz CT molecular complexity index is 1720. The molecule has 0 radical (unpaired) electrons. The number of aromatic nitrogens is 3. The number of nitrogens with zero attached hydrogens (tertiary/aromatic N) is 4. The molecule has 3 aliphatic rings. The van der Waals surface area contributed by atoms with Crippen molar-refractivity contribution < 1.29 is 14.4 Å². The normalized spacial score (nSPS) is 20.7. The van der Waals surface area contributed by atoms with Gasteiger partial charge in [0.1, 0.15) is 12.1 Å². The molecule has 4 heterocycles. The second-order valence-corrected chi connectivity index (χ2v) is 9.50. The first-order valence-corrected chi connectivity index (χ1v) is 11.4. The molecule has 4 aromatic rings. The zero-order chi connectivity index (χ0) is 24.1. The van der Waals surface area contributed by atoms with Crippen LogP contribution in [0.15, 0.2) is 47.3 Å². The van der Waals surface area contributed by atoms with Gasteiger partial charge >= 0.3 is 11.7 Å². The Morgan fingerprint density at radius 2 is 1.80 bits per heavy atom. The highest BCUT2D eigenvalue weighted by Crippen LogP contribution is 2.38. The summed E-state index contributed by atoms with van der Waals surface area (Å²) in [4.78, 5) is 56.2. The maximum Gasteiger partial charge on any atom is 0.330 e. The molecule has 4 amide bonds. The number of urea groups is 1. The molecule has 1 atom stereocenters. The second kappa shape index (κ2) is 6.56. The molecule has 1 aliphatic carbocycles. The Kier molecular flexibility index (Phi) is 3.74. The van der Waals surface area contributed by atoms with Crippen molar-refractivity contribution in [2.75, 3.05) is 12.4 Å². The molecule has 7 rings (SSSR count). The average Bonchev–Trinajstić information content (AvgIpc) is 3.41. The first-order valence-electron chi connectivity index (χ1n) is 11.4. The summed E-state index contributed by atoms with van der Waals surface area (Å²) in [6.45, 7) is 0.249. The van der Waals surface area contributed by atoms with Crippen LogP contribution in [0.5, 0.6) is 0 Å². The van der Waals surface area contributed by atoms with E-state index in [1.54, 1.807) is 17.7 Å². The summed E-state index contributed by atoms with van der Waals surface area (Å²) in [6, 6.07) is 13.0. The van der Waals surface area contributed by atoms with Gasteiger partial charge in [-0.05, 0) is 41.5 Å². The lowest BCUT2D eigenvalue weighted by atomic mass is 9.95. The predicted molar refractivity (Wildman–Crippen MR) is 127 cm³/mol. The molecule has 1 saturated heterocycles. The van der Waals surface area contributed by atoms with Gasteiger partial charge in [-0.15, -0.1) is 0 Å². The Hall–Kier alpha value is -4.47. The van der Waals surface area contributed by atoms with Gasteiger partial charge in [0.2, 0.25) is 5.91 Å². The van der Waals surface area contributed by atoms with Gasteiger partial charge in [0.25, 0.3) is 5.91 Å². The molecule has 1 fully saturated rings. The number of hydrogen-bond donors (Lipinski definition) is 2. The van der Waals surface area contributed by atoms with Crippen LogP contribution in [0, 0.1) is 0 Å². The van der Waals surface area contributed by atoms with Crippen LogP contribution in [0.4, 0.5) is 10.5 Å². The largest absolute Gasteiger partial charge is 0.330 e. The van der Waals surface area contributed by atoms with Gasteiger partial charge in [-0.2, -0.15) is 0 Å². The molecule has 35 heavy (non-hydrogen) atoms. The van der Waals surface area contributed by atoms with Crippen LogP contribution in [-0.4, -0.2) is 49.5 Å². The summed E-state index contributed by atoms with van der Waals surface area (Å²) < 4.78 is 3.14. The lowest BCUT2D eigenvalue weighted by molar-refractivity contribution is -0.125. The van der Waals surface area contributed by atoms with Crippen molar-refractivity contribution in [1.82, 2.24) is 24.3 Å². The molecular weight excluding hydrogens is 448 g/mol. The predicted octanol–water partition coefficient (Wildman–Crippen LogP) is 1.37. The molecule has 174 valence electrons. The van der Waals surface area contributed by atoms with Crippen LogP contribution in [0.1, 0.15) is 16.8 Å². The minimum atomic E-state index is -0.885. The first kappa shape index (κ1) is 20.0. The van der Waals surface area contributed by atoms with E-state index in [0.29, 0.717) is 24.2 Å². The lowest BCUT2D eigenvalue weighted by Gasteiger charge is -2.27. The maximum absolute atomic E-state index is 13.2. The fraction of sp³-hybridized carbons (Fsp3) is 0.240. The number of carbonyl (C=O) groups excluding carboxylic acids is 3. The van der Waals surface area contributed by atoms with E-state index >= 15 is 0 Å². The number of pyridine rings is 1. The van der Waals surface area contributed by atoms with E-state index in [9.17, 15) is 19.2 Å². The van der Waals surface area contributed by atoms with Gasteiger partial charge in [-0.1, -0.05) is 12.1 Å². The van der Waals surface area contributed by atoms with Gasteiger partial charge in [0, 0.05) is 25.3 Å². The van der Waals surface area contributed by atoms with Crippen molar-refractivity contribution in [3.63, 3.8) is 0 Å². The van der Waals surface area contributed by atoms with Crippen LogP contribution >= 0.6 is 0 Å². The molecule has 2 aromatic heterocycles. The Labute approximate surface area is 198 Å². The summed E-state index contributed by atoms with van der Waals surface area (Å²) in [5.74, 6) is -0.483. The van der Waals surface area contributed by atoms with Gasteiger partial charge in [-0.25, -0.2) is 9.59 Å². The number of benzene rings is 2. The highest BCUT2D eigenvalue weighted by atomic mass is 16.2. The summed E-state index contributed by atoms with van der Waals surface area (Å²) >= 11 is 0. The fourth-order valence-electron chi connectivity index (χ4n) is 5.73. The number of imidazole rings is 1. The minimum absolute atomic E-state index is 0.0110.